The Morgan fingerprint density at radius 1 is 1.35 bits per heavy atom. The number of hydrogen-bond donors (Lipinski definition) is 3. The van der Waals surface area contributed by atoms with Gasteiger partial charge in [-0.05, 0) is 41.0 Å². The van der Waals surface area contributed by atoms with Gasteiger partial charge in [0.1, 0.15) is 5.60 Å². The van der Waals surface area contributed by atoms with E-state index in [0.29, 0.717) is 13.0 Å². The maximum absolute atomic E-state index is 11.5. The van der Waals surface area contributed by atoms with Crippen LogP contribution in [-0.4, -0.2) is 41.0 Å². The second kappa shape index (κ2) is 4.82. The van der Waals surface area contributed by atoms with Gasteiger partial charge in [-0.15, -0.1) is 0 Å². The van der Waals surface area contributed by atoms with E-state index in [1.807, 2.05) is 20.8 Å². The van der Waals surface area contributed by atoms with Gasteiger partial charge < -0.3 is 20.5 Å². The van der Waals surface area contributed by atoms with Gasteiger partial charge in [0.05, 0.1) is 5.60 Å². The Balaban J connectivity index is 2.38. The summed E-state index contributed by atoms with van der Waals surface area (Å²) < 4.78 is 5.18. The van der Waals surface area contributed by atoms with Crippen molar-refractivity contribution in [2.75, 3.05) is 6.54 Å². The van der Waals surface area contributed by atoms with Crippen molar-refractivity contribution < 1.29 is 14.6 Å². The Morgan fingerprint density at radius 2 is 1.94 bits per heavy atom. The van der Waals surface area contributed by atoms with Crippen LogP contribution >= 0.6 is 0 Å². The second-order valence-corrected chi connectivity index (χ2v) is 6.19. The number of carbonyl (C=O) groups is 1. The Hall–Kier alpha value is -0.810. The molecule has 0 aromatic rings. The van der Waals surface area contributed by atoms with E-state index < -0.39 is 17.3 Å². The lowest BCUT2D eigenvalue weighted by molar-refractivity contribution is 0.0412. The van der Waals surface area contributed by atoms with Crippen molar-refractivity contribution in [3.63, 3.8) is 0 Å². The summed E-state index contributed by atoms with van der Waals surface area (Å²) in [6.07, 6.45) is 0.309. The van der Waals surface area contributed by atoms with Gasteiger partial charge in [-0.2, -0.15) is 0 Å². The Kier molecular flexibility index (Phi) is 4.04. The Morgan fingerprint density at radius 3 is 2.35 bits per heavy atom. The highest BCUT2D eigenvalue weighted by Gasteiger charge is 2.35. The van der Waals surface area contributed by atoms with Gasteiger partial charge in [0, 0.05) is 18.6 Å². The van der Waals surface area contributed by atoms with Gasteiger partial charge in [0.25, 0.3) is 0 Å². The van der Waals surface area contributed by atoms with Crippen molar-refractivity contribution in [1.82, 2.24) is 10.6 Å². The first-order valence-corrected chi connectivity index (χ1v) is 6.03. The molecule has 17 heavy (non-hydrogen) atoms. The summed E-state index contributed by atoms with van der Waals surface area (Å²) in [4.78, 5) is 11.5. The van der Waals surface area contributed by atoms with Crippen molar-refractivity contribution >= 4 is 6.09 Å². The number of rotatable bonds is 2. The van der Waals surface area contributed by atoms with E-state index in [2.05, 4.69) is 10.6 Å². The van der Waals surface area contributed by atoms with Crippen molar-refractivity contribution in [3.8, 4) is 0 Å². The second-order valence-electron chi connectivity index (χ2n) is 6.19. The highest BCUT2D eigenvalue weighted by molar-refractivity contribution is 5.68. The van der Waals surface area contributed by atoms with Crippen LogP contribution in [0.2, 0.25) is 0 Å². The Labute approximate surface area is 103 Å². The molecule has 0 spiro atoms. The van der Waals surface area contributed by atoms with Crippen molar-refractivity contribution in [2.45, 2.75) is 64.3 Å². The maximum atomic E-state index is 11.5. The molecule has 0 unspecified atom stereocenters. The molecule has 0 aromatic carbocycles. The first-order chi connectivity index (χ1) is 7.58. The summed E-state index contributed by atoms with van der Waals surface area (Å²) in [5.74, 6) is 0. The van der Waals surface area contributed by atoms with E-state index >= 15 is 0 Å². The number of alkyl carbamates (subject to hydrolysis) is 1. The lowest BCUT2D eigenvalue weighted by Crippen LogP contribution is -2.42. The summed E-state index contributed by atoms with van der Waals surface area (Å²) in [6, 6.07) is 0.0173. The van der Waals surface area contributed by atoms with E-state index in [4.69, 9.17) is 4.74 Å². The third-order valence-electron chi connectivity index (χ3n) is 2.70. The molecule has 0 bridgehead atoms. The summed E-state index contributed by atoms with van der Waals surface area (Å²) in [6.45, 7) is 9.69. The van der Waals surface area contributed by atoms with Crippen LogP contribution in [0.5, 0.6) is 0 Å². The number of carbonyl (C=O) groups excluding carboxylic acids is 1. The standard InChI is InChI=1S/C12H24N2O3/c1-11(2,3)17-10(15)14-8-6-9(13-7-8)12(4,5)16/h8-9,13,16H,6-7H2,1-5H3,(H,14,15)/t8-,9-/m0/s1. The molecule has 5 nitrogen and oxygen atoms in total. The topological polar surface area (TPSA) is 70.6 Å². The molecule has 1 saturated heterocycles. The fourth-order valence-electron chi connectivity index (χ4n) is 1.86. The lowest BCUT2D eigenvalue weighted by atomic mass is 9.96. The molecule has 1 aliphatic rings. The fraction of sp³-hybridized carbons (Fsp3) is 0.917. The van der Waals surface area contributed by atoms with Gasteiger partial charge in [-0.3, -0.25) is 0 Å². The van der Waals surface area contributed by atoms with Gasteiger partial charge in [0.15, 0.2) is 0 Å². The monoisotopic (exact) mass is 244 g/mol. The van der Waals surface area contributed by atoms with Gasteiger partial charge in [0.2, 0.25) is 0 Å². The number of amides is 1. The number of aliphatic hydroxyl groups is 1. The zero-order valence-corrected chi connectivity index (χ0v) is 11.3. The molecule has 1 aliphatic heterocycles. The minimum Gasteiger partial charge on any atom is -0.444 e. The molecular weight excluding hydrogens is 220 g/mol. The maximum Gasteiger partial charge on any atom is 0.407 e. The van der Waals surface area contributed by atoms with Gasteiger partial charge in [-0.25, -0.2) is 4.79 Å². The average molecular weight is 244 g/mol. The number of ether oxygens (including phenoxy) is 1. The van der Waals surface area contributed by atoms with Crippen LogP contribution < -0.4 is 10.6 Å². The highest BCUT2D eigenvalue weighted by Crippen LogP contribution is 2.19. The fourth-order valence-corrected chi connectivity index (χ4v) is 1.86. The minimum absolute atomic E-state index is 0.00226. The molecule has 0 aliphatic carbocycles. The molecule has 0 aromatic heterocycles. The largest absolute Gasteiger partial charge is 0.444 e. The number of nitrogens with one attached hydrogen (secondary N) is 2. The molecule has 1 rings (SSSR count). The molecule has 1 heterocycles. The summed E-state index contributed by atoms with van der Waals surface area (Å²) >= 11 is 0. The van der Waals surface area contributed by atoms with Crippen LogP contribution in [0.15, 0.2) is 0 Å². The molecule has 3 N–H and O–H groups in total. The molecule has 1 fully saturated rings. The van der Waals surface area contributed by atoms with Gasteiger partial charge >= 0.3 is 6.09 Å². The highest BCUT2D eigenvalue weighted by atomic mass is 16.6. The zero-order chi connectivity index (χ0) is 13.3. The van der Waals surface area contributed by atoms with Gasteiger partial charge in [-0.1, -0.05) is 0 Å². The van der Waals surface area contributed by atoms with E-state index in [1.165, 1.54) is 0 Å². The van der Waals surface area contributed by atoms with E-state index in [9.17, 15) is 9.90 Å². The molecule has 1 amide bonds. The Bertz CT molecular complexity index is 278. The van der Waals surface area contributed by atoms with Crippen LogP contribution in [0.4, 0.5) is 4.79 Å². The van der Waals surface area contributed by atoms with Crippen LogP contribution in [0.3, 0.4) is 0 Å². The van der Waals surface area contributed by atoms with E-state index in [-0.39, 0.29) is 12.1 Å². The molecule has 0 saturated carbocycles. The van der Waals surface area contributed by atoms with Crippen LogP contribution in [0.1, 0.15) is 41.0 Å². The normalized spacial score (nSPS) is 25.8. The lowest BCUT2D eigenvalue weighted by Gasteiger charge is -2.25. The molecule has 0 radical (unpaired) electrons. The first kappa shape index (κ1) is 14.3. The average Bonchev–Trinajstić information content (AvgIpc) is 2.47. The third kappa shape index (κ3) is 4.91. The summed E-state index contributed by atoms with van der Waals surface area (Å²) in [5.41, 5.74) is -1.25. The predicted molar refractivity (Wildman–Crippen MR) is 65.9 cm³/mol. The molecule has 5 heteroatoms. The van der Waals surface area contributed by atoms with Crippen LogP contribution in [0, 0.1) is 0 Å². The SMILES string of the molecule is CC(C)(C)OC(=O)N[C@@H]1CN[C@H](C(C)(C)O)C1. The summed E-state index contributed by atoms with van der Waals surface area (Å²) in [5, 5.41) is 15.8. The van der Waals surface area contributed by atoms with Crippen LogP contribution in [0.25, 0.3) is 0 Å². The predicted octanol–water partition coefficient (Wildman–Crippen LogP) is 1.01. The zero-order valence-electron chi connectivity index (χ0n) is 11.3. The first-order valence-electron chi connectivity index (χ1n) is 6.03. The quantitative estimate of drug-likeness (QED) is 0.678. The van der Waals surface area contributed by atoms with Crippen molar-refractivity contribution in [3.05, 3.63) is 0 Å². The van der Waals surface area contributed by atoms with Crippen molar-refractivity contribution in [1.29, 1.82) is 0 Å². The molecule has 2 atom stereocenters. The smallest absolute Gasteiger partial charge is 0.407 e. The van der Waals surface area contributed by atoms with E-state index in [0.717, 1.165) is 0 Å². The molecular formula is C12H24N2O3. The summed E-state index contributed by atoms with van der Waals surface area (Å²) in [7, 11) is 0. The van der Waals surface area contributed by atoms with E-state index in [1.54, 1.807) is 13.8 Å². The molecule has 100 valence electrons. The van der Waals surface area contributed by atoms with Crippen molar-refractivity contribution in [2.24, 2.45) is 0 Å². The van der Waals surface area contributed by atoms with Crippen LogP contribution in [-0.2, 0) is 4.74 Å². The third-order valence-corrected chi connectivity index (χ3v) is 2.70. The minimum atomic E-state index is -0.773. The number of hydrogen-bond acceptors (Lipinski definition) is 4.